The van der Waals surface area contributed by atoms with Crippen LogP contribution in [0.5, 0.6) is 11.5 Å². The standard InChI is InChI=1S/C13H13NO3/c1-16-10-6-9(7-11(8-10)17-2)13(15)12-4-3-5-14-12/h3-8,14H,1-2H3/i3D,4D,5D,6D,7D,8D. The minimum Gasteiger partial charge on any atom is -0.497 e. The zero-order valence-electron chi connectivity index (χ0n) is 15.2. The van der Waals surface area contributed by atoms with Crippen LogP contribution in [0.2, 0.25) is 0 Å². The number of aromatic amines is 1. The van der Waals surface area contributed by atoms with Crippen LogP contribution in [0.25, 0.3) is 0 Å². The maximum Gasteiger partial charge on any atom is 0.209 e. The number of carbonyl (C=O) groups excluding carboxylic acids is 1. The third-order valence-electron chi connectivity index (χ3n) is 2.00. The van der Waals surface area contributed by atoms with Gasteiger partial charge in [0.15, 0.2) is 0 Å². The Hall–Kier alpha value is -2.23. The van der Waals surface area contributed by atoms with Gasteiger partial charge in [-0.05, 0) is 24.2 Å². The van der Waals surface area contributed by atoms with Gasteiger partial charge in [0, 0.05) is 17.8 Å². The molecule has 0 saturated carbocycles. The molecule has 0 aliphatic heterocycles. The largest absolute Gasteiger partial charge is 0.497 e. The summed E-state index contributed by atoms with van der Waals surface area (Å²) in [6.07, 6.45) is -0.410. The molecule has 0 radical (unpaired) electrons. The SMILES string of the molecule is [2H]c1[nH]c(C(=O)c2c([2H])c(OC)c([2H])c(OC)c2[2H])c([2H])c1[2H]. The number of ketones is 1. The summed E-state index contributed by atoms with van der Waals surface area (Å²) >= 11 is 0. The van der Waals surface area contributed by atoms with E-state index in [0.717, 1.165) is 0 Å². The minimum absolute atomic E-state index is 0.239. The molecular weight excluding hydrogens is 218 g/mol. The molecule has 1 heterocycles. The highest BCUT2D eigenvalue weighted by Gasteiger charge is 2.12. The molecule has 0 saturated heterocycles. The number of methoxy groups -OCH3 is 2. The van der Waals surface area contributed by atoms with Gasteiger partial charge >= 0.3 is 0 Å². The van der Waals surface area contributed by atoms with Crippen molar-refractivity contribution in [1.82, 2.24) is 4.98 Å². The summed E-state index contributed by atoms with van der Waals surface area (Å²) in [6, 6.07) is -2.25. The summed E-state index contributed by atoms with van der Waals surface area (Å²) in [5, 5.41) is 0. The summed E-state index contributed by atoms with van der Waals surface area (Å²) in [7, 11) is 2.44. The molecule has 1 N–H and O–H groups in total. The van der Waals surface area contributed by atoms with Crippen LogP contribution in [0, 0.1) is 0 Å². The van der Waals surface area contributed by atoms with E-state index in [4.69, 9.17) is 17.7 Å². The van der Waals surface area contributed by atoms with Gasteiger partial charge in [-0.2, -0.15) is 0 Å². The van der Waals surface area contributed by atoms with Crippen molar-refractivity contribution in [2.75, 3.05) is 14.2 Å². The average molecular weight is 237 g/mol. The lowest BCUT2D eigenvalue weighted by Gasteiger charge is -2.07. The number of benzene rings is 1. The molecule has 0 atom stereocenters. The van der Waals surface area contributed by atoms with Crippen LogP contribution in [0.1, 0.15) is 24.3 Å². The first-order valence-corrected chi connectivity index (χ1v) is 4.68. The highest BCUT2D eigenvalue weighted by Crippen LogP contribution is 2.23. The number of carbonyl (C=O) groups is 1. The van der Waals surface area contributed by atoms with Gasteiger partial charge in [0.1, 0.15) is 11.5 Å². The van der Waals surface area contributed by atoms with Crippen molar-refractivity contribution in [2.24, 2.45) is 0 Å². The van der Waals surface area contributed by atoms with Crippen LogP contribution in [0.4, 0.5) is 0 Å². The first-order chi connectivity index (χ1) is 10.8. The Morgan fingerprint density at radius 1 is 1.24 bits per heavy atom. The van der Waals surface area contributed by atoms with Crippen LogP contribution in [0.3, 0.4) is 0 Å². The Balaban J connectivity index is 2.76. The molecule has 4 nitrogen and oxygen atoms in total. The second kappa shape index (κ2) is 4.74. The highest BCUT2D eigenvalue weighted by atomic mass is 16.5. The lowest BCUT2D eigenvalue weighted by molar-refractivity contribution is 0.103. The van der Waals surface area contributed by atoms with E-state index in [2.05, 4.69) is 4.98 Å². The van der Waals surface area contributed by atoms with Crippen LogP contribution >= 0.6 is 0 Å². The molecule has 2 rings (SSSR count). The van der Waals surface area contributed by atoms with Gasteiger partial charge in [0.05, 0.1) is 28.1 Å². The maximum atomic E-state index is 12.6. The van der Waals surface area contributed by atoms with Crippen LogP contribution in [-0.4, -0.2) is 25.0 Å². The van der Waals surface area contributed by atoms with E-state index < -0.39 is 41.7 Å². The Bertz CT molecular complexity index is 771. The molecule has 0 bridgehead atoms. The van der Waals surface area contributed by atoms with Crippen molar-refractivity contribution in [3.05, 3.63) is 47.6 Å². The Labute approximate surface area is 108 Å². The van der Waals surface area contributed by atoms with Crippen molar-refractivity contribution in [3.8, 4) is 11.5 Å². The second-order valence-corrected chi connectivity index (χ2v) is 3.02. The molecule has 1 aromatic heterocycles. The molecular formula is C13H13NO3. The number of H-pyrrole nitrogens is 1. The van der Waals surface area contributed by atoms with E-state index in [9.17, 15) is 4.79 Å². The fourth-order valence-electron chi connectivity index (χ4n) is 1.20. The number of rotatable bonds is 4. The van der Waals surface area contributed by atoms with E-state index in [1.807, 2.05) is 0 Å². The molecule has 4 heteroatoms. The van der Waals surface area contributed by atoms with Crippen molar-refractivity contribution in [3.63, 3.8) is 0 Å². The van der Waals surface area contributed by atoms with E-state index in [-0.39, 0.29) is 23.2 Å². The second-order valence-electron chi connectivity index (χ2n) is 3.02. The molecule has 88 valence electrons. The molecule has 0 aliphatic rings. The first kappa shape index (κ1) is 5.91. The first-order valence-electron chi connectivity index (χ1n) is 7.68. The summed E-state index contributed by atoms with van der Waals surface area (Å²) in [5.41, 5.74) is -0.798. The molecule has 0 spiro atoms. The van der Waals surface area contributed by atoms with Crippen LogP contribution in [-0.2, 0) is 0 Å². The quantitative estimate of drug-likeness (QED) is 0.830. The smallest absolute Gasteiger partial charge is 0.209 e. The molecule has 0 fully saturated rings. The summed E-state index contributed by atoms with van der Waals surface area (Å²) in [4.78, 5) is 14.9. The molecule has 17 heavy (non-hydrogen) atoms. The number of nitrogens with one attached hydrogen (secondary N) is 1. The third-order valence-corrected chi connectivity index (χ3v) is 2.00. The van der Waals surface area contributed by atoms with Crippen LogP contribution < -0.4 is 9.47 Å². The predicted molar refractivity (Wildman–Crippen MR) is 63.8 cm³/mol. The zero-order chi connectivity index (χ0) is 17.5. The fraction of sp³-hybridized carbons (Fsp3) is 0.154. The number of aromatic nitrogens is 1. The van der Waals surface area contributed by atoms with E-state index >= 15 is 0 Å². The fourth-order valence-corrected chi connectivity index (χ4v) is 1.20. The van der Waals surface area contributed by atoms with Crippen LogP contribution in [0.15, 0.2) is 36.4 Å². The molecule has 0 amide bonds. The van der Waals surface area contributed by atoms with Crippen molar-refractivity contribution in [1.29, 1.82) is 0 Å². The third kappa shape index (κ3) is 2.30. The number of hydrogen-bond donors (Lipinski definition) is 1. The van der Waals surface area contributed by atoms with Gasteiger partial charge in [-0.3, -0.25) is 4.79 Å². The zero-order valence-corrected chi connectivity index (χ0v) is 9.22. The summed E-state index contributed by atoms with van der Waals surface area (Å²) in [5.74, 6) is -1.39. The lowest BCUT2D eigenvalue weighted by Crippen LogP contribution is -2.02. The highest BCUT2D eigenvalue weighted by molar-refractivity contribution is 6.08. The lowest BCUT2D eigenvalue weighted by atomic mass is 10.1. The number of hydrogen-bond acceptors (Lipinski definition) is 3. The predicted octanol–water partition coefficient (Wildman–Crippen LogP) is 2.26. The molecule has 1 aromatic carbocycles. The molecule has 0 unspecified atom stereocenters. The minimum atomic E-state index is -0.909. The average Bonchev–Trinajstić information content (AvgIpc) is 2.75. The van der Waals surface area contributed by atoms with Gasteiger partial charge < -0.3 is 14.5 Å². The maximum absolute atomic E-state index is 12.6. The van der Waals surface area contributed by atoms with Gasteiger partial charge in [-0.25, -0.2) is 0 Å². The van der Waals surface area contributed by atoms with Gasteiger partial charge in [-0.1, -0.05) is 0 Å². The normalized spacial score (nSPS) is 14.9. The number of ether oxygens (including phenoxy) is 2. The summed E-state index contributed by atoms with van der Waals surface area (Å²) < 4.78 is 56.3. The van der Waals surface area contributed by atoms with Gasteiger partial charge in [-0.15, -0.1) is 0 Å². The summed E-state index contributed by atoms with van der Waals surface area (Å²) in [6.45, 7) is 0. The Morgan fingerprint density at radius 3 is 2.35 bits per heavy atom. The van der Waals surface area contributed by atoms with Crippen molar-refractivity contribution < 1.29 is 22.5 Å². The molecule has 0 aliphatic carbocycles. The van der Waals surface area contributed by atoms with Gasteiger partial charge in [0.25, 0.3) is 0 Å². The van der Waals surface area contributed by atoms with Gasteiger partial charge in [0.2, 0.25) is 5.78 Å². The Kier molecular flexibility index (Phi) is 1.65. The van der Waals surface area contributed by atoms with E-state index in [1.165, 1.54) is 14.2 Å². The monoisotopic (exact) mass is 237 g/mol. The Morgan fingerprint density at radius 2 is 1.88 bits per heavy atom. The van der Waals surface area contributed by atoms with Crippen molar-refractivity contribution >= 4 is 5.78 Å². The molecule has 2 aromatic rings. The topological polar surface area (TPSA) is 51.3 Å². The van der Waals surface area contributed by atoms with E-state index in [0.29, 0.717) is 0 Å². The van der Waals surface area contributed by atoms with E-state index in [1.54, 1.807) is 0 Å². The van der Waals surface area contributed by atoms with Crippen molar-refractivity contribution in [2.45, 2.75) is 0 Å².